The van der Waals surface area contributed by atoms with Gasteiger partial charge in [-0.2, -0.15) is 0 Å². The minimum Gasteiger partial charge on any atom is -0.490 e. The summed E-state index contributed by atoms with van der Waals surface area (Å²) in [6.45, 7) is 8.67. The fraction of sp³-hybridized carbons (Fsp3) is 0.647. The van der Waals surface area contributed by atoms with Gasteiger partial charge in [0.1, 0.15) is 12.4 Å². The molecule has 0 aliphatic carbocycles. The van der Waals surface area contributed by atoms with Crippen LogP contribution < -0.4 is 15.0 Å². The summed E-state index contributed by atoms with van der Waals surface area (Å²) in [5.74, 6) is 1.74. The van der Waals surface area contributed by atoms with Gasteiger partial charge in [-0.1, -0.05) is 19.9 Å². The summed E-state index contributed by atoms with van der Waals surface area (Å²) in [5, 5.41) is 3.58. The highest BCUT2D eigenvalue weighted by molar-refractivity contribution is 5.61. The van der Waals surface area contributed by atoms with Crippen molar-refractivity contribution >= 4 is 5.69 Å². The SMILES string of the molecule is CC(C)CN1CCOc2ccc(CC3CCCN3)cc21. The molecule has 2 heterocycles. The van der Waals surface area contributed by atoms with Gasteiger partial charge in [0, 0.05) is 12.6 Å². The molecule has 0 spiro atoms. The predicted octanol–water partition coefficient (Wildman–Crippen LogP) is 2.84. The lowest BCUT2D eigenvalue weighted by atomic mass is 10.0. The molecule has 2 aliphatic heterocycles. The maximum atomic E-state index is 5.80. The van der Waals surface area contributed by atoms with Gasteiger partial charge in [-0.05, 0) is 49.4 Å². The zero-order valence-corrected chi connectivity index (χ0v) is 12.7. The van der Waals surface area contributed by atoms with Gasteiger partial charge < -0.3 is 15.0 Å². The zero-order chi connectivity index (χ0) is 13.9. The third-order valence-corrected chi connectivity index (χ3v) is 4.21. The molecule has 1 N–H and O–H groups in total. The molecule has 110 valence electrons. The van der Waals surface area contributed by atoms with E-state index >= 15 is 0 Å². The maximum absolute atomic E-state index is 5.80. The molecule has 3 nitrogen and oxygen atoms in total. The summed E-state index contributed by atoms with van der Waals surface area (Å²) in [5.41, 5.74) is 2.72. The second kappa shape index (κ2) is 6.04. The molecule has 1 fully saturated rings. The van der Waals surface area contributed by atoms with Gasteiger partial charge in [-0.3, -0.25) is 0 Å². The Balaban J connectivity index is 1.77. The molecule has 1 saturated heterocycles. The normalized spacial score (nSPS) is 21.9. The van der Waals surface area contributed by atoms with E-state index in [1.807, 2.05) is 0 Å². The second-order valence-electron chi connectivity index (χ2n) is 6.49. The van der Waals surface area contributed by atoms with Crippen LogP contribution in [0.5, 0.6) is 5.75 Å². The Morgan fingerprint density at radius 2 is 2.30 bits per heavy atom. The van der Waals surface area contributed by atoms with Crippen molar-refractivity contribution in [2.24, 2.45) is 5.92 Å². The van der Waals surface area contributed by atoms with Gasteiger partial charge in [0.15, 0.2) is 0 Å². The first kappa shape index (κ1) is 13.7. The molecule has 1 unspecified atom stereocenters. The largest absolute Gasteiger partial charge is 0.490 e. The molecular weight excluding hydrogens is 248 g/mol. The number of hydrogen-bond acceptors (Lipinski definition) is 3. The van der Waals surface area contributed by atoms with E-state index in [1.54, 1.807) is 0 Å². The van der Waals surface area contributed by atoms with E-state index < -0.39 is 0 Å². The minimum atomic E-state index is 0.663. The fourth-order valence-electron chi connectivity index (χ4n) is 3.29. The first-order valence-electron chi connectivity index (χ1n) is 7.96. The Morgan fingerprint density at radius 1 is 1.40 bits per heavy atom. The molecule has 0 amide bonds. The van der Waals surface area contributed by atoms with Crippen LogP contribution in [0.2, 0.25) is 0 Å². The van der Waals surface area contributed by atoms with Crippen LogP contribution in [0.25, 0.3) is 0 Å². The van der Waals surface area contributed by atoms with Gasteiger partial charge in [0.25, 0.3) is 0 Å². The second-order valence-corrected chi connectivity index (χ2v) is 6.49. The number of benzene rings is 1. The topological polar surface area (TPSA) is 24.5 Å². The quantitative estimate of drug-likeness (QED) is 0.913. The molecule has 3 heteroatoms. The van der Waals surface area contributed by atoms with E-state index in [0.717, 1.165) is 31.9 Å². The number of fused-ring (bicyclic) bond motifs is 1. The Hall–Kier alpha value is -1.22. The van der Waals surface area contributed by atoms with Gasteiger partial charge in [0.2, 0.25) is 0 Å². The van der Waals surface area contributed by atoms with Gasteiger partial charge in [-0.15, -0.1) is 0 Å². The van der Waals surface area contributed by atoms with Crippen molar-refractivity contribution in [1.29, 1.82) is 0 Å². The number of rotatable bonds is 4. The lowest BCUT2D eigenvalue weighted by molar-refractivity contribution is 0.304. The maximum Gasteiger partial charge on any atom is 0.142 e. The van der Waals surface area contributed by atoms with E-state index in [2.05, 4.69) is 42.3 Å². The van der Waals surface area contributed by atoms with E-state index in [0.29, 0.717) is 12.0 Å². The average molecular weight is 274 g/mol. The van der Waals surface area contributed by atoms with Crippen molar-refractivity contribution in [3.8, 4) is 5.75 Å². The molecule has 0 radical (unpaired) electrons. The van der Waals surface area contributed by atoms with Crippen molar-refractivity contribution in [2.75, 3.05) is 31.1 Å². The number of nitrogens with one attached hydrogen (secondary N) is 1. The summed E-state index contributed by atoms with van der Waals surface area (Å²) in [6, 6.07) is 7.40. The van der Waals surface area contributed by atoms with Crippen LogP contribution in [-0.2, 0) is 6.42 Å². The molecule has 0 bridgehead atoms. The Morgan fingerprint density at radius 3 is 3.05 bits per heavy atom. The minimum absolute atomic E-state index is 0.663. The van der Waals surface area contributed by atoms with Crippen molar-refractivity contribution < 1.29 is 4.74 Å². The van der Waals surface area contributed by atoms with Crippen molar-refractivity contribution in [3.05, 3.63) is 23.8 Å². The highest BCUT2D eigenvalue weighted by Crippen LogP contribution is 2.33. The third kappa shape index (κ3) is 3.09. The lowest BCUT2D eigenvalue weighted by Crippen LogP contribution is -2.35. The summed E-state index contributed by atoms with van der Waals surface area (Å²) in [6.07, 6.45) is 3.77. The van der Waals surface area contributed by atoms with E-state index in [-0.39, 0.29) is 0 Å². The average Bonchev–Trinajstić information content (AvgIpc) is 2.92. The number of hydrogen-bond donors (Lipinski definition) is 1. The molecule has 2 aliphatic rings. The fourth-order valence-corrected chi connectivity index (χ4v) is 3.29. The molecule has 1 atom stereocenters. The molecule has 3 rings (SSSR count). The lowest BCUT2D eigenvalue weighted by Gasteiger charge is -2.33. The molecule has 1 aromatic rings. The van der Waals surface area contributed by atoms with Crippen LogP contribution in [0.1, 0.15) is 32.3 Å². The van der Waals surface area contributed by atoms with Crippen molar-refractivity contribution in [2.45, 2.75) is 39.2 Å². The summed E-state index contributed by atoms with van der Waals surface area (Å²) in [7, 11) is 0. The highest BCUT2D eigenvalue weighted by atomic mass is 16.5. The standard InChI is InChI=1S/C17H26N2O/c1-13(2)12-19-8-9-20-17-6-5-14(11-16(17)19)10-15-4-3-7-18-15/h5-6,11,13,15,18H,3-4,7-10,12H2,1-2H3. The molecule has 0 aromatic heterocycles. The van der Waals surface area contributed by atoms with E-state index in [4.69, 9.17) is 4.74 Å². The molecule has 0 saturated carbocycles. The van der Waals surface area contributed by atoms with Crippen molar-refractivity contribution in [1.82, 2.24) is 5.32 Å². The van der Waals surface area contributed by atoms with Crippen molar-refractivity contribution in [3.63, 3.8) is 0 Å². The monoisotopic (exact) mass is 274 g/mol. The number of nitrogens with zero attached hydrogens (tertiary/aromatic N) is 1. The number of ether oxygens (including phenoxy) is 1. The Kier molecular flexibility index (Phi) is 4.16. The van der Waals surface area contributed by atoms with Crippen LogP contribution in [0.3, 0.4) is 0 Å². The highest BCUT2D eigenvalue weighted by Gasteiger charge is 2.20. The molecular formula is C17H26N2O. The van der Waals surface area contributed by atoms with Crippen LogP contribution in [0.15, 0.2) is 18.2 Å². The third-order valence-electron chi connectivity index (χ3n) is 4.21. The van der Waals surface area contributed by atoms with E-state index in [1.165, 1.54) is 30.6 Å². The van der Waals surface area contributed by atoms with Crippen LogP contribution >= 0.6 is 0 Å². The summed E-state index contributed by atoms with van der Waals surface area (Å²) >= 11 is 0. The number of anilines is 1. The van der Waals surface area contributed by atoms with Crippen LogP contribution in [0, 0.1) is 5.92 Å². The Labute approximate surface area is 122 Å². The first-order valence-corrected chi connectivity index (χ1v) is 7.96. The smallest absolute Gasteiger partial charge is 0.142 e. The van der Waals surface area contributed by atoms with Gasteiger partial charge in [0.05, 0.1) is 12.2 Å². The van der Waals surface area contributed by atoms with Gasteiger partial charge >= 0.3 is 0 Å². The zero-order valence-electron chi connectivity index (χ0n) is 12.7. The predicted molar refractivity (Wildman–Crippen MR) is 83.7 cm³/mol. The van der Waals surface area contributed by atoms with Crippen LogP contribution in [0.4, 0.5) is 5.69 Å². The molecule has 20 heavy (non-hydrogen) atoms. The van der Waals surface area contributed by atoms with Gasteiger partial charge in [-0.25, -0.2) is 0 Å². The van der Waals surface area contributed by atoms with E-state index in [9.17, 15) is 0 Å². The summed E-state index contributed by atoms with van der Waals surface area (Å²) < 4.78 is 5.80. The van der Waals surface area contributed by atoms with Crippen LogP contribution in [-0.4, -0.2) is 32.3 Å². The summed E-state index contributed by atoms with van der Waals surface area (Å²) in [4.78, 5) is 2.48. The first-order chi connectivity index (χ1) is 9.72. The Bertz CT molecular complexity index is 452. The molecule has 1 aromatic carbocycles.